The zero-order valence-electron chi connectivity index (χ0n) is 18.6. The van der Waals surface area contributed by atoms with Crippen LogP contribution in [0.3, 0.4) is 0 Å². The van der Waals surface area contributed by atoms with Crippen molar-refractivity contribution in [3.05, 3.63) is 60.4 Å². The van der Waals surface area contributed by atoms with Crippen molar-refractivity contribution in [1.82, 2.24) is 9.46 Å². The molecule has 1 fully saturated rings. The lowest BCUT2D eigenvalue weighted by molar-refractivity contribution is 0.0730. The molecule has 2 heterocycles. The number of hydrogen-bond donors (Lipinski definition) is 3. The molecule has 0 saturated carbocycles. The van der Waals surface area contributed by atoms with Gasteiger partial charge in [-0.15, -0.1) is 0 Å². The second kappa shape index (κ2) is 10.3. The van der Waals surface area contributed by atoms with Gasteiger partial charge in [0.05, 0.1) is 23.0 Å². The second-order valence-electron chi connectivity index (χ2n) is 7.57. The van der Waals surface area contributed by atoms with Gasteiger partial charge in [0.15, 0.2) is 10.9 Å². The molecule has 186 valence electrons. The van der Waals surface area contributed by atoms with Gasteiger partial charge >= 0.3 is 0 Å². The Hall–Kier alpha value is -3.04. The van der Waals surface area contributed by atoms with Crippen LogP contribution < -0.4 is 15.4 Å². The molecule has 35 heavy (non-hydrogen) atoms. The second-order valence-corrected chi connectivity index (χ2v) is 11.6. The Morgan fingerprint density at radius 1 is 0.914 bits per heavy atom. The Kier molecular flexibility index (Phi) is 7.37. The highest BCUT2D eigenvalue weighted by molar-refractivity contribution is 7.92. The molecular formula is C21H23N5O6S3. The topological polar surface area (TPSA) is 143 Å². The zero-order chi connectivity index (χ0) is 25.1. The summed E-state index contributed by atoms with van der Waals surface area (Å²) in [6.45, 7) is 3.07. The Morgan fingerprint density at radius 3 is 1.97 bits per heavy atom. The third-order valence-electron chi connectivity index (χ3n) is 5.01. The van der Waals surface area contributed by atoms with Crippen LogP contribution in [0.25, 0.3) is 0 Å². The minimum Gasteiger partial charge on any atom is -0.379 e. The van der Waals surface area contributed by atoms with E-state index in [1.807, 2.05) is 0 Å². The number of aromatic nitrogens is 1. The maximum atomic E-state index is 12.7. The molecule has 14 heteroatoms. The van der Waals surface area contributed by atoms with Gasteiger partial charge in [0, 0.05) is 30.5 Å². The highest BCUT2D eigenvalue weighted by atomic mass is 32.2. The van der Waals surface area contributed by atoms with E-state index >= 15 is 0 Å². The van der Waals surface area contributed by atoms with Gasteiger partial charge in [-0.1, -0.05) is 5.16 Å². The Morgan fingerprint density at radius 2 is 1.46 bits per heavy atom. The summed E-state index contributed by atoms with van der Waals surface area (Å²) in [5.41, 5.74) is 1.15. The molecule has 2 aromatic carbocycles. The predicted octanol–water partition coefficient (Wildman–Crippen LogP) is 2.61. The van der Waals surface area contributed by atoms with Crippen LogP contribution in [-0.2, 0) is 24.8 Å². The quantitative estimate of drug-likeness (QED) is 0.385. The van der Waals surface area contributed by atoms with E-state index in [4.69, 9.17) is 21.5 Å². The van der Waals surface area contributed by atoms with Gasteiger partial charge in [-0.05, 0) is 67.7 Å². The lowest BCUT2D eigenvalue weighted by Crippen LogP contribution is -2.40. The number of anilines is 3. The summed E-state index contributed by atoms with van der Waals surface area (Å²) in [5, 5.41) is 9.80. The maximum absolute atomic E-state index is 12.7. The van der Waals surface area contributed by atoms with Crippen LogP contribution in [0.5, 0.6) is 0 Å². The number of sulfonamides is 2. The summed E-state index contributed by atoms with van der Waals surface area (Å²) in [6.07, 6.45) is 0. The Balaban J connectivity index is 1.35. The van der Waals surface area contributed by atoms with Gasteiger partial charge in [-0.2, -0.15) is 4.31 Å². The minimum atomic E-state index is -3.83. The summed E-state index contributed by atoms with van der Waals surface area (Å²) in [5.74, 6) is 0.579. The standard InChI is InChI=1S/C21H23N5O6S3/c1-15-14-20(24-32-15)25-34(27,28)18-6-2-16(3-7-18)22-21(33)23-17-4-8-19(9-5-17)35(29,30)26-10-12-31-13-11-26/h2-9,14H,10-13H2,1H3,(H,24,25)(H2,22,23,33). The van der Waals surface area contributed by atoms with Crippen molar-refractivity contribution in [2.24, 2.45) is 0 Å². The highest BCUT2D eigenvalue weighted by Crippen LogP contribution is 2.21. The fraction of sp³-hybridized carbons (Fsp3) is 0.238. The van der Waals surface area contributed by atoms with E-state index < -0.39 is 20.0 Å². The molecule has 1 aliphatic heterocycles. The Labute approximate surface area is 208 Å². The molecule has 11 nitrogen and oxygen atoms in total. The highest BCUT2D eigenvalue weighted by Gasteiger charge is 2.26. The molecule has 0 atom stereocenters. The van der Waals surface area contributed by atoms with Crippen molar-refractivity contribution in [2.45, 2.75) is 16.7 Å². The van der Waals surface area contributed by atoms with E-state index in [2.05, 4.69) is 20.5 Å². The summed E-state index contributed by atoms with van der Waals surface area (Å²) in [4.78, 5) is 0.231. The van der Waals surface area contributed by atoms with Gasteiger partial charge in [-0.25, -0.2) is 16.8 Å². The molecule has 0 amide bonds. The van der Waals surface area contributed by atoms with Gasteiger partial charge in [0.1, 0.15) is 5.76 Å². The van der Waals surface area contributed by atoms with Crippen molar-refractivity contribution in [3.63, 3.8) is 0 Å². The van der Waals surface area contributed by atoms with Crippen molar-refractivity contribution >= 4 is 54.6 Å². The average molecular weight is 538 g/mol. The van der Waals surface area contributed by atoms with Gasteiger partial charge in [-0.3, -0.25) is 4.72 Å². The number of thiocarbonyl (C=S) groups is 1. The maximum Gasteiger partial charge on any atom is 0.263 e. The zero-order valence-corrected chi connectivity index (χ0v) is 21.0. The smallest absolute Gasteiger partial charge is 0.263 e. The first-order valence-corrected chi connectivity index (χ1v) is 13.8. The monoisotopic (exact) mass is 537 g/mol. The van der Waals surface area contributed by atoms with Crippen LogP contribution >= 0.6 is 12.2 Å². The van der Waals surface area contributed by atoms with Crippen LogP contribution in [0.1, 0.15) is 5.76 Å². The third-order valence-corrected chi connectivity index (χ3v) is 8.50. The minimum absolute atomic E-state index is 0.0413. The number of nitrogens with zero attached hydrogens (tertiary/aromatic N) is 2. The molecule has 3 aromatic rings. The number of morpholine rings is 1. The molecule has 1 aliphatic rings. The largest absolute Gasteiger partial charge is 0.379 e. The number of nitrogens with one attached hydrogen (secondary N) is 3. The number of benzene rings is 2. The fourth-order valence-corrected chi connectivity index (χ4v) is 5.90. The molecule has 0 aliphatic carbocycles. The van der Waals surface area contributed by atoms with Crippen LogP contribution in [-0.4, -0.2) is 57.7 Å². The number of ether oxygens (including phenoxy) is 1. The molecule has 1 saturated heterocycles. The molecule has 0 radical (unpaired) electrons. The van der Waals surface area contributed by atoms with E-state index in [1.165, 1.54) is 34.6 Å². The van der Waals surface area contributed by atoms with Gasteiger partial charge < -0.3 is 19.9 Å². The van der Waals surface area contributed by atoms with Crippen molar-refractivity contribution in [2.75, 3.05) is 41.7 Å². The summed E-state index contributed by atoms with van der Waals surface area (Å²) in [7, 11) is -7.40. The third kappa shape index (κ3) is 6.15. The van der Waals surface area contributed by atoms with Gasteiger partial charge in [0.25, 0.3) is 10.0 Å². The first-order valence-electron chi connectivity index (χ1n) is 10.5. The van der Waals surface area contributed by atoms with E-state index in [0.717, 1.165) is 0 Å². The molecule has 3 N–H and O–H groups in total. The van der Waals surface area contributed by atoms with E-state index in [-0.39, 0.29) is 20.7 Å². The SMILES string of the molecule is Cc1cc(NS(=O)(=O)c2ccc(NC(=S)Nc3ccc(S(=O)(=O)N4CCOCC4)cc3)cc2)no1. The van der Waals surface area contributed by atoms with Crippen molar-refractivity contribution < 1.29 is 26.1 Å². The molecule has 0 bridgehead atoms. The Bertz CT molecular complexity index is 1400. The van der Waals surface area contributed by atoms with Crippen LogP contribution in [0.4, 0.5) is 17.2 Å². The summed E-state index contributed by atoms with van der Waals surface area (Å²) < 4.78 is 64.2. The lowest BCUT2D eigenvalue weighted by atomic mass is 10.3. The normalized spacial score (nSPS) is 14.9. The van der Waals surface area contributed by atoms with Crippen molar-refractivity contribution in [1.29, 1.82) is 0 Å². The molecule has 0 spiro atoms. The fourth-order valence-electron chi connectivity index (χ4n) is 3.27. The first kappa shape index (κ1) is 25.1. The molecular weight excluding hydrogens is 514 g/mol. The van der Waals surface area contributed by atoms with Crippen LogP contribution in [0.15, 0.2) is 68.9 Å². The van der Waals surface area contributed by atoms with E-state index in [1.54, 1.807) is 31.2 Å². The molecule has 4 rings (SSSR count). The number of rotatable bonds is 7. The average Bonchev–Trinajstić information content (AvgIpc) is 3.24. The first-order chi connectivity index (χ1) is 16.6. The predicted molar refractivity (Wildman–Crippen MR) is 134 cm³/mol. The number of aryl methyl sites for hydroxylation is 1. The molecule has 0 unspecified atom stereocenters. The lowest BCUT2D eigenvalue weighted by Gasteiger charge is -2.26. The van der Waals surface area contributed by atoms with Crippen LogP contribution in [0.2, 0.25) is 0 Å². The molecule has 1 aromatic heterocycles. The van der Waals surface area contributed by atoms with E-state index in [0.29, 0.717) is 43.4 Å². The van der Waals surface area contributed by atoms with E-state index in [9.17, 15) is 16.8 Å². The van der Waals surface area contributed by atoms with Gasteiger partial charge in [0.2, 0.25) is 10.0 Å². The summed E-state index contributed by atoms with van der Waals surface area (Å²) >= 11 is 5.31. The summed E-state index contributed by atoms with van der Waals surface area (Å²) in [6, 6.07) is 13.7. The number of hydrogen-bond acceptors (Lipinski definition) is 8. The van der Waals surface area contributed by atoms with Crippen molar-refractivity contribution in [3.8, 4) is 0 Å². The van der Waals surface area contributed by atoms with Crippen LogP contribution in [0, 0.1) is 6.92 Å².